The molecule has 0 spiro atoms. The van der Waals surface area contributed by atoms with Gasteiger partial charge in [0, 0.05) is 5.54 Å². The summed E-state index contributed by atoms with van der Waals surface area (Å²) in [5, 5.41) is 3.67. The summed E-state index contributed by atoms with van der Waals surface area (Å²) in [6.45, 7) is 5.69. The monoisotopic (exact) mass is 233 g/mol. The molecule has 0 amide bonds. The third-order valence-electron chi connectivity index (χ3n) is 3.75. The summed E-state index contributed by atoms with van der Waals surface area (Å²) < 4.78 is 5.15. The summed E-state index contributed by atoms with van der Waals surface area (Å²) >= 11 is 0. The molecule has 1 N–H and O–H groups in total. The molecule has 0 bridgehead atoms. The van der Waals surface area contributed by atoms with Crippen LogP contribution in [0.3, 0.4) is 0 Å². The molecular formula is C15H23NO. The van der Waals surface area contributed by atoms with Gasteiger partial charge in [-0.25, -0.2) is 0 Å². The van der Waals surface area contributed by atoms with Crippen LogP contribution in [0, 0.1) is 5.92 Å². The Morgan fingerprint density at radius 1 is 1.24 bits per heavy atom. The van der Waals surface area contributed by atoms with Crippen molar-refractivity contribution in [2.24, 2.45) is 5.92 Å². The first-order chi connectivity index (χ1) is 8.12. The molecule has 0 saturated heterocycles. The molecule has 0 atom stereocenters. The van der Waals surface area contributed by atoms with E-state index in [1.54, 1.807) is 7.11 Å². The minimum atomic E-state index is 0.312. The normalized spacial score (nSPS) is 15.9. The number of hydrogen-bond acceptors (Lipinski definition) is 2. The molecule has 0 unspecified atom stereocenters. The molecule has 0 aliphatic heterocycles. The third kappa shape index (κ3) is 3.47. The topological polar surface area (TPSA) is 21.3 Å². The van der Waals surface area contributed by atoms with E-state index in [1.165, 1.54) is 18.4 Å². The van der Waals surface area contributed by atoms with Crippen LogP contribution < -0.4 is 10.1 Å². The van der Waals surface area contributed by atoms with Crippen molar-refractivity contribution in [1.29, 1.82) is 0 Å². The molecule has 2 nitrogen and oxygen atoms in total. The van der Waals surface area contributed by atoms with Gasteiger partial charge in [0.25, 0.3) is 0 Å². The fraction of sp³-hybridized carbons (Fsp3) is 0.600. The molecule has 2 heteroatoms. The molecule has 1 fully saturated rings. The summed E-state index contributed by atoms with van der Waals surface area (Å²) in [6, 6.07) is 8.35. The van der Waals surface area contributed by atoms with E-state index in [-0.39, 0.29) is 0 Å². The van der Waals surface area contributed by atoms with Crippen LogP contribution in [-0.4, -0.2) is 19.2 Å². The Morgan fingerprint density at radius 3 is 2.41 bits per heavy atom. The quantitative estimate of drug-likeness (QED) is 0.815. The Morgan fingerprint density at radius 2 is 1.88 bits per heavy atom. The molecule has 1 aliphatic rings. The van der Waals surface area contributed by atoms with E-state index in [0.29, 0.717) is 5.54 Å². The molecule has 0 radical (unpaired) electrons. The predicted molar refractivity (Wildman–Crippen MR) is 71.5 cm³/mol. The molecule has 0 aromatic heterocycles. The standard InChI is InChI=1S/C15H23NO/c1-15(2,13-6-7-13)16-11-10-12-4-8-14(17-3)9-5-12/h4-5,8-9,13,16H,6-7,10-11H2,1-3H3. The number of methoxy groups -OCH3 is 1. The van der Waals surface area contributed by atoms with Crippen LogP contribution in [0.2, 0.25) is 0 Å². The molecule has 17 heavy (non-hydrogen) atoms. The first-order valence-corrected chi connectivity index (χ1v) is 6.50. The van der Waals surface area contributed by atoms with Gasteiger partial charge in [-0.2, -0.15) is 0 Å². The molecule has 1 aliphatic carbocycles. The largest absolute Gasteiger partial charge is 0.497 e. The van der Waals surface area contributed by atoms with Gasteiger partial charge in [-0.3, -0.25) is 0 Å². The van der Waals surface area contributed by atoms with Crippen LogP contribution in [0.15, 0.2) is 24.3 Å². The van der Waals surface area contributed by atoms with Crippen molar-refractivity contribution in [3.05, 3.63) is 29.8 Å². The lowest BCUT2D eigenvalue weighted by Crippen LogP contribution is -2.42. The highest BCUT2D eigenvalue weighted by molar-refractivity contribution is 5.27. The van der Waals surface area contributed by atoms with E-state index in [1.807, 2.05) is 12.1 Å². The van der Waals surface area contributed by atoms with E-state index in [4.69, 9.17) is 4.74 Å². The lowest BCUT2D eigenvalue weighted by Gasteiger charge is -2.26. The minimum Gasteiger partial charge on any atom is -0.497 e. The van der Waals surface area contributed by atoms with Crippen molar-refractivity contribution in [2.75, 3.05) is 13.7 Å². The van der Waals surface area contributed by atoms with Gasteiger partial charge >= 0.3 is 0 Å². The zero-order valence-corrected chi connectivity index (χ0v) is 11.1. The maximum atomic E-state index is 5.15. The zero-order valence-electron chi connectivity index (χ0n) is 11.1. The average molecular weight is 233 g/mol. The molecule has 0 heterocycles. The highest BCUT2D eigenvalue weighted by Gasteiger charge is 2.36. The summed E-state index contributed by atoms with van der Waals surface area (Å²) in [5.41, 5.74) is 1.68. The van der Waals surface area contributed by atoms with Crippen LogP contribution in [0.25, 0.3) is 0 Å². The SMILES string of the molecule is COc1ccc(CCNC(C)(C)C2CC2)cc1. The van der Waals surface area contributed by atoms with Crippen molar-refractivity contribution >= 4 is 0 Å². The smallest absolute Gasteiger partial charge is 0.118 e. The van der Waals surface area contributed by atoms with E-state index < -0.39 is 0 Å². The Balaban J connectivity index is 1.77. The van der Waals surface area contributed by atoms with Gasteiger partial charge in [0.2, 0.25) is 0 Å². The fourth-order valence-electron chi connectivity index (χ4n) is 2.27. The van der Waals surface area contributed by atoms with Gasteiger partial charge in [-0.15, -0.1) is 0 Å². The van der Waals surface area contributed by atoms with Crippen molar-refractivity contribution in [3.8, 4) is 5.75 Å². The molecule has 1 saturated carbocycles. The van der Waals surface area contributed by atoms with E-state index >= 15 is 0 Å². The fourth-order valence-corrected chi connectivity index (χ4v) is 2.27. The number of ether oxygens (including phenoxy) is 1. The number of benzene rings is 1. The van der Waals surface area contributed by atoms with Crippen molar-refractivity contribution in [1.82, 2.24) is 5.32 Å². The van der Waals surface area contributed by atoms with Crippen LogP contribution in [0.1, 0.15) is 32.3 Å². The Hall–Kier alpha value is -1.02. The van der Waals surface area contributed by atoms with Gasteiger partial charge < -0.3 is 10.1 Å². The maximum absolute atomic E-state index is 5.15. The summed E-state index contributed by atoms with van der Waals surface area (Å²) in [5.74, 6) is 1.82. The van der Waals surface area contributed by atoms with E-state index in [0.717, 1.165) is 24.6 Å². The minimum absolute atomic E-state index is 0.312. The maximum Gasteiger partial charge on any atom is 0.118 e. The third-order valence-corrected chi connectivity index (χ3v) is 3.75. The van der Waals surface area contributed by atoms with Crippen molar-refractivity contribution < 1.29 is 4.74 Å². The number of hydrogen-bond donors (Lipinski definition) is 1. The van der Waals surface area contributed by atoms with Crippen LogP contribution in [-0.2, 0) is 6.42 Å². The summed E-state index contributed by atoms with van der Waals surface area (Å²) in [4.78, 5) is 0. The Kier molecular flexibility index (Phi) is 3.72. The second-order valence-corrected chi connectivity index (χ2v) is 5.52. The van der Waals surface area contributed by atoms with Crippen LogP contribution >= 0.6 is 0 Å². The molecule has 1 aromatic rings. The summed E-state index contributed by atoms with van der Waals surface area (Å²) in [6.07, 6.45) is 3.87. The van der Waals surface area contributed by atoms with Crippen LogP contribution in [0.4, 0.5) is 0 Å². The first-order valence-electron chi connectivity index (χ1n) is 6.50. The lowest BCUT2D eigenvalue weighted by atomic mass is 9.98. The van der Waals surface area contributed by atoms with Crippen molar-refractivity contribution in [3.63, 3.8) is 0 Å². The second kappa shape index (κ2) is 5.09. The zero-order chi connectivity index (χ0) is 12.3. The molecule has 1 aromatic carbocycles. The highest BCUT2D eigenvalue weighted by Crippen LogP contribution is 2.39. The van der Waals surface area contributed by atoms with Crippen LogP contribution in [0.5, 0.6) is 5.75 Å². The average Bonchev–Trinajstić information content (AvgIpc) is 3.14. The Bertz CT molecular complexity index is 352. The second-order valence-electron chi connectivity index (χ2n) is 5.52. The van der Waals surface area contributed by atoms with E-state index in [9.17, 15) is 0 Å². The van der Waals surface area contributed by atoms with Gasteiger partial charge in [0.1, 0.15) is 5.75 Å². The molecular weight excluding hydrogens is 210 g/mol. The predicted octanol–water partition coefficient (Wildman–Crippen LogP) is 3.02. The van der Waals surface area contributed by atoms with Gasteiger partial charge in [-0.1, -0.05) is 12.1 Å². The van der Waals surface area contributed by atoms with Gasteiger partial charge in [0.05, 0.1) is 7.11 Å². The molecule has 94 valence electrons. The van der Waals surface area contributed by atoms with Gasteiger partial charge in [-0.05, 0) is 63.3 Å². The first kappa shape index (κ1) is 12.4. The number of rotatable bonds is 6. The Labute approximate surface area is 104 Å². The number of nitrogens with one attached hydrogen (secondary N) is 1. The summed E-state index contributed by atoms with van der Waals surface area (Å²) in [7, 11) is 1.70. The highest BCUT2D eigenvalue weighted by atomic mass is 16.5. The lowest BCUT2D eigenvalue weighted by molar-refractivity contribution is 0.344. The van der Waals surface area contributed by atoms with Gasteiger partial charge in [0.15, 0.2) is 0 Å². The van der Waals surface area contributed by atoms with E-state index in [2.05, 4.69) is 31.3 Å². The van der Waals surface area contributed by atoms with Crippen molar-refractivity contribution in [2.45, 2.75) is 38.6 Å². The molecule has 2 rings (SSSR count).